The molecule has 2 aliphatic rings. The highest BCUT2D eigenvalue weighted by Crippen LogP contribution is 2.38. The molecule has 30 heavy (non-hydrogen) atoms. The van der Waals surface area contributed by atoms with Gasteiger partial charge in [-0.3, -0.25) is 9.78 Å². The van der Waals surface area contributed by atoms with E-state index in [1.807, 2.05) is 25.3 Å². The van der Waals surface area contributed by atoms with Gasteiger partial charge in [0.1, 0.15) is 5.82 Å². The predicted octanol–water partition coefficient (Wildman–Crippen LogP) is 2.67. The fourth-order valence-electron chi connectivity index (χ4n) is 4.58. The number of carbonyl (C=O) groups excluding carboxylic acids is 1. The quantitative estimate of drug-likeness (QED) is 0.786. The van der Waals surface area contributed by atoms with Crippen molar-refractivity contribution in [2.45, 2.75) is 44.9 Å². The Hall–Kier alpha value is -2.35. The van der Waals surface area contributed by atoms with Crippen molar-refractivity contribution in [3.8, 4) is 11.1 Å². The molecule has 2 aromatic rings. The molecule has 160 valence electrons. The first-order valence-corrected chi connectivity index (χ1v) is 12.5. The number of aromatic nitrogens is 3. The zero-order valence-electron chi connectivity index (χ0n) is 17.3. The van der Waals surface area contributed by atoms with E-state index in [2.05, 4.69) is 15.3 Å². The molecule has 0 spiro atoms. The largest absolute Gasteiger partial charge is 0.356 e. The summed E-state index contributed by atoms with van der Waals surface area (Å²) in [6.45, 7) is 2.55. The number of nitrogens with zero attached hydrogens (tertiary/aromatic N) is 3. The second-order valence-corrected chi connectivity index (χ2v) is 10.7. The molecule has 1 atom stereocenters. The Morgan fingerprint density at radius 3 is 2.53 bits per heavy atom. The lowest BCUT2D eigenvalue weighted by molar-refractivity contribution is -0.124. The number of rotatable bonds is 5. The average Bonchev–Trinajstić information content (AvgIpc) is 3.13. The van der Waals surface area contributed by atoms with Crippen molar-refractivity contribution >= 4 is 15.7 Å². The second kappa shape index (κ2) is 8.79. The first kappa shape index (κ1) is 20.9. The van der Waals surface area contributed by atoms with Crippen molar-refractivity contribution in [1.29, 1.82) is 0 Å². The van der Waals surface area contributed by atoms with Gasteiger partial charge in [-0.25, -0.2) is 18.4 Å². The Balaban J connectivity index is 1.35. The molecule has 0 unspecified atom stereocenters. The first-order chi connectivity index (χ1) is 14.4. The lowest BCUT2D eigenvalue weighted by Gasteiger charge is -2.29. The summed E-state index contributed by atoms with van der Waals surface area (Å²) in [5.41, 5.74) is 3.26. The van der Waals surface area contributed by atoms with Gasteiger partial charge in [-0.1, -0.05) is 0 Å². The molecule has 1 aliphatic carbocycles. The Morgan fingerprint density at radius 1 is 1.13 bits per heavy atom. The highest BCUT2D eigenvalue weighted by Gasteiger charge is 2.33. The van der Waals surface area contributed by atoms with Gasteiger partial charge >= 0.3 is 0 Å². The minimum atomic E-state index is -3.03. The van der Waals surface area contributed by atoms with Crippen LogP contribution in [0.5, 0.6) is 0 Å². The van der Waals surface area contributed by atoms with Gasteiger partial charge in [0.25, 0.3) is 0 Å². The number of amides is 1. The van der Waals surface area contributed by atoms with Crippen LogP contribution in [0.1, 0.15) is 49.5 Å². The van der Waals surface area contributed by atoms with Crippen LogP contribution in [-0.2, 0) is 14.6 Å². The Kier molecular flexibility index (Phi) is 6.13. The highest BCUT2D eigenvalue weighted by atomic mass is 32.2. The van der Waals surface area contributed by atoms with Crippen LogP contribution < -0.4 is 5.32 Å². The zero-order chi connectivity index (χ0) is 21.1. The minimum Gasteiger partial charge on any atom is -0.356 e. The number of aryl methyl sites for hydroxylation is 1. The molecule has 7 nitrogen and oxygen atoms in total. The van der Waals surface area contributed by atoms with Crippen LogP contribution in [0.3, 0.4) is 0 Å². The first-order valence-electron chi connectivity index (χ1n) is 10.6. The maximum absolute atomic E-state index is 12.3. The summed E-state index contributed by atoms with van der Waals surface area (Å²) in [5.74, 6) is 1.23. The number of carbonyl (C=O) groups is 1. The van der Waals surface area contributed by atoms with Crippen molar-refractivity contribution in [2.24, 2.45) is 11.8 Å². The maximum Gasteiger partial charge on any atom is 0.224 e. The molecular formula is C22H28N4O3S. The Morgan fingerprint density at radius 2 is 1.87 bits per heavy atom. The molecule has 2 fully saturated rings. The Bertz CT molecular complexity index is 1000. The van der Waals surface area contributed by atoms with Gasteiger partial charge in [-0.15, -0.1) is 0 Å². The number of nitrogens with one attached hydrogen (secondary N) is 1. The second-order valence-electron chi connectivity index (χ2n) is 8.51. The highest BCUT2D eigenvalue weighted by molar-refractivity contribution is 7.91. The molecule has 4 rings (SSSR count). The molecule has 1 amide bonds. The van der Waals surface area contributed by atoms with E-state index in [1.165, 1.54) is 0 Å². The topological polar surface area (TPSA) is 102 Å². The summed E-state index contributed by atoms with van der Waals surface area (Å²) in [5, 5.41) is 3.00. The maximum atomic E-state index is 12.3. The van der Waals surface area contributed by atoms with Gasteiger partial charge in [0.2, 0.25) is 5.91 Å². The third kappa shape index (κ3) is 4.86. The summed E-state index contributed by atoms with van der Waals surface area (Å²) in [6, 6.07) is 3.98. The van der Waals surface area contributed by atoms with Crippen molar-refractivity contribution in [3.05, 3.63) is 42.2 Å². The SMILES string of the molecule is Cc1ncc(-c2ccncc2)c(C2CCC(CNC(=O)[C@@H]3CCS(=O)(=O)C3)CC2)n1. The van der Waals surface area contributed by atoms with Crippen LogP contribution in [-0.4, -0.2) is 47.3 Å². The summed E-state index contributed by atoms with van der Waals surface area (Å²) in [6.07, 6.45) is 10.0. The normalized spacial score (nSPS) is 25.7. The van der Waals surface area contributed by atoms with Gasteiger partial charge in [-0.2, -0.15) is 0 Å². The van der Waals surface area contributed by atoms with E-state index in [0.29, 0.717) is 24.8 Å². The van der Waals surface area contributed by atoms with Crippen LogP contribution in [0.4, 0.5) is 0 Å². The molecule has 2 aromatic heterocycles. The summed E-state index contributed by atoms with van der Waals surface area (Å²) in [4.78, 5) is 25.6. The molecule has 3 heterocycles. The Labute approximate surface area is 177 Å². The molecule has 0 bridgehead atoms. The minimum absolute atomic E-state index is 0.00355. The number of pyridine rings is 1. The zero-order valence-corrected chi connectivity index (χ0v) is 18.1. The molecule has 1 aliphatic heterocycles. The van der Waals surface area contributed by atoms with Crippen LogP contribution in [0.2, 0.25) is 0 Å². The van der Waals surface area contributed by atoms with E-state index in [9.17, 15) is 13.2 Å². The van der Waals surface area contributed by atoms with Gasteiger partial charge in [0.05, 0.1) is 23.1 Å². The van der Waals surface area contributed by atoms with Gasteiger partial charge in [0.15, 0.2) is 9.84 Å². The van der Waals surface area contributed by atoms with Crippen LogP contribution in [0, 0.1) is 18.8 Å². The van der Waals surface area contributed by atoms with E-state index in [0.717, 1.165) is 48.3 Å². The number of hydrogen-bond donors (Lipinski definition) is 1. The molecule has 1 saturated heterocycles. The number of sulfone groups is 1. The molecule has 0 aromatic carbocycles. The lowest BCUT2D eigenvalue weighted by atomic mass is 9.79. The van der Waals surface area contributed by atoms with E-state index in [1.54, 1.807) is 12.4 Å². The van der Waals surface area contributed by atoms with Gasteiger partial charge < -0.3 is 5.32 Å². The van der Waals surface area contributed by atoms with Crippen LogP contribution in [0.15, 0.2) is 30.7 Å². The average molecular weight is 429 g/mol. The molecule has 1 N–H and O–H groups in total. The van der Waals surface area contributed by atoms with Gasteiger partial charge in [-0.05, 0) is 62.6 Å². The van der Waals surface area contributed by atoms with E-state index >= 15 is 0 Å². The fraction of sp³-hybridized carbons (Fsp3) is 0.545. The summed E-state index contributed by atoms with van der Waals surface area (Å²) >= 11 is 0. The van der Waals surface area contributed by atoms with E-state index < -0.39 is 9.84 Å². The van der Waals surface area contributed by atoms with Crippen molar-refractivity contribution < 1.29 is 13.2 Å². The summed E-state index contributed by atoms with van der Waals surface area (Å²) < 4.78 is 23.2. The summed E-state index contributed by atoms with van der Waals surface area (Å²) in [7, 11) is -3.03. The predicted molar refractivity (Wildman–Crippen MR) is 114 cm³/mol. The molecule has 1 saturated carbocycles. The van der Waals surface area contributed by atoms with Crippen LogP contribution >= 0.6 is 0 Å². The van der Waals surface area contributed by atoms with E-state index in [-0.39, 0.29) is 23.3 Å². The third-order valence-electron chi connectivity index (χ3n) is 6.33. The van der Waals surface area contributed by atoms with Crippen molar-refractivity contribution in [3.63, 3.8) is 0 Å². The van der Waals surface area contributed by atoms with Crippen LogP contribution in [0.25, 0.3) is 11.1 Å². The fourth-order valence-corrected chi connectivity index (χ4v) is 6.33. The molecule has 0 radical (unpaired) electrons. The smallest absolute Gasteiger partial charge is 0.224 e. The lowest BCUT2D eigenvalue weighted by Crippen LogP contribution is -2.36. The van der Waals surface area contributed by atoms with E-state index in [4.69, 9.17) is 4.98 Å². The number of hydrogen-bond acceptors (Lipinski definition) is 6. The molecule has 8 heteroatoms. The van der Waals surface area contributed by atoms with Crippen molar-refractivity contribution in [1.82, 2.24) is 20.3 Å². The van der Waals surface area contributed by atoms with Gasteiger partial charge in [0, 0.05) is 36.6 Å². The molecular weight excluding hydrogens is 400 g/mol. The third-order valence-corrected chi connectivity index (χ3v) is 8.10. The monoisotopic (exact) mass is 428 g/mol. The standard InChI is InChI=1S/C22H28N4O3S/c1-15-24-13-20(17-6-9-23-10-7-17)21(26-15)18-4-2-16(3-5-18)12-25-22(27)19-8-11-30(28,29)14-19/h6-7,9-10,13,16,18-19H,2-5,8,11-12,14H2,1H3,(H,25,27)/t16?,18?,19-/m1/s1. The van der Waals surface area contributed by atoms with Crippen molar-refractivity contribution in [2.75, 3.05) is 18.1 Å².